The number of nitrogens with zero attached hydrogens (tertiary/aromatic N) is 4. The Hall–Kier alpha value is -2.15. The first-order valence-electron chi connectivity index (χ1n) is 9.60. The van der Waals surface area contributed by atoms with Crippen molar-refractivity contribution in [2.45, 2.75) is 51.1 Å². The highest BCUT2D eigenvalue weighted by atomic mass is 16.3. The average molecular weight is 355 g/mol. The first kappa shape index (κ1) is 16.1. The van der Waals surface area contributed by atoms with E-state index in [4.69, 9.17) is 4.42 Å². The average Bonchev–Trinajstić information content (AvgIpc) is 3.05. The van der Waals surface area contributed by atoms with E-state index in [1.807, 2.05) is 11.8 Å². The Morgan fingerprint density at radius 1 is 1.31 bits per heavy atom. The molecule has 0 bridgehead atoms. The highest BCUT2D eigenvalue weighted by Gasteiger charge is 2.39. The molecule has 2 aliphatic heterocycles. The zero-order chi connectivity index (χ0) is 17.9. The van der Waals surface area contributed by atoms with E-state index in [1.54, 1.807) is 0 Å². The quantitative estimate of drug-likeness (QED) is 0.911. The molecule has 2 saturated heterocycles. The Labute approximate surface area is 152 Å². The zero-order valence-corrected chi connectivity index (χ0v) is 15.4. The van der Waals surface area contributed by atoms with Crippen LogP contribution < -0.4 is 5.32 Å². The second-order valence-electron chi connectivity index (χ2n) is 8.20. The molecule has 3 aliphatic rings. The number of rotatable bonds is 3. The number of fused-ring (bicyclic) bond motifs is 2. The molecule has 7 heteroatoms. The lowest BCUT2D eigenvalue weighted by atomic mass is 10.1. The Bertz CT molecular complexity index is 872. The van der Waals surface area contributed by atoms with Gasteiger partial charge in [-0.3, -0.25) is 9.69 Å². The smallest absolute Gasteiger partial charge is 0.258 e. The van der Waals surface area contributed by atoms with Crippen LogP contribution in [0.4, 0.5) is 5.82 Å². The topological polar surface area (TPSA) is 74.5 Å². The number of hydrogen-bond donors (Lipinski definition) is 1. The van der Waals surface area contributed by atoms with Crippen LogP contribution in [0.15, 0.2) is 10.7 Å². The summed E-state index contributed by atoms with van der Waals surface area (Å²) < 4.78 is 5.82. The standard InChI is InChI=1S/C19H25N5O2/c1-12-14(18(25)24-9-8-23-7-3-4-13(23)10-24)15-16(22-19(2)5-6-19)20-11-21-17(15)26-12/h11,13H,3-10H2,1-2H3,(H,20,21,22)/t13-/m1/s1. The van der Waals surface area contributed by atoms with Gasteiger partial charge in [-0.1, -0.05) is 0 Å². The molecule has 1 aliphatic carbocycles. The van der Waals surface area contributed by atoms with Crippen molar-refractivity contribution in [1.29, 1.82) is 0 Å². The van der Waals surface area contributed by atoms with Gasteiger partial charge in [-0.25, -0.2) is 9.97 Å². The van der Waals surface area contributed by atoms with Gasteiger partial charge in [-0.15, -0.1) is 0 Å². The van der Waals surface area contributed by atoms with E-state index in [9.17, 15) is 4.79 Å². The molecular formula is C19H25N5O2. The van der Waals surface area contributed by atoms with Gasteiger partial charge in [0.05, 0.1) is 10.9 Å². The van der Waals surface area contributed by atoms with Crippen LogP contribution in [0.25, 0.3) is 11.1 Å². The maximum absolute atomic E-state index is 13.4. The minimum absolute atomic E-state index is 0.0478. The summed E-state index contributed by atoms with van der Waals surface area (Å²) in [6.45, 7) is 7.73. The number of nitrogens with one attached hydrogen (secondary N) is 1. The molecule has 2 aromatic heterocycles. The SMILES string of the molecule is Cc1oc2ncnc(NC3(C)CC3)c2c1C(=O)N1CCN2CCC[C@@H]2C1. The first-order chi connectivity index (χ1) is 12.5. The maximum atomic E-state index is 13.4. The summed E-state index contributed by atoms with van der Waals surface area (Å²) in [6.07, 6.45) is 6.15. The van der Waals surface area contributed by atoms with Crippen molar-refractivity contribution in [3.8, 4) is 0 Å². The van der Waals surface area contributed by atoms with E-state index in [2.05, 4.69) is 27.1 Å². The Morgan fingerprint density at radius 3 is 2.96 bits per heavy atom. The highest BCUT2D eigenvalue weighted by Crippen LogP contribution is 2.40. The van der Waals surface area contributed by atoms with Gasteiger partial charge in [-0.05, 0) is 46.1 Å². The number of amides is 1. The molecule has 26 heavy (non-hydrogen) atoms. The fraction of sp³-hybridized carbons (Fsp3) is 0.632. The third-order valence-corrected chi connectivity index (χ3v) is 6.17. The van der Waals surface area contributed by atoms with Crippen molar-refractivity contribution >= 4 is 22.8 Å². The molecule has 5 rings (SSSR count). The second-order valence-corrected chi connectivity index (χ2v) is 8.20. The summed E-state index contributed by atoms with van der Waals surface area (Å²) in [6, 6.07) is 0.505. The van der Waals surface area contributed by atoms with Crippen LogP contribution in [0.2, 0.25) is 0 Å². The molecule has 3 fully saturated rings. The summed E-state index contributed by atoms with van der Waals surface area (Å²) in [7, 11) is 0. The molecule has 0 radical (unpaired) electrons. The maximum Gasteiger partial charge on any atom is 0.258 e. The van der Waals surface area contributed by atoms with E-state index >= 15 is 0 Å². The summed E-state index contributed by atoms with van der Waals surface area (Å²) in [5, 5.41) is 4.23. The van der Waals surface area contributed by atoms with E-state index in [-0.39, 0.29) is 11.4 Å². The van der Waals surface area contributed by atoms with Crippen LogP contribution >= 0.6 is 0 Å². The highest BCUT2D eigenvalue weighted by molar-refractivity contribution is 6.10. The number of furan rings is 1. The van der Waals surface area contributed by atoms with Crippen molar-refractivity contribution in [2.75, 3.05) is 31.5 Å². The van der Waals surface area contributed by atoms with Gasteiger partial charge in [0.15, 0.2) is 0 Å². The predicted molar refractivity (Wildman–Crippen MR) is 98.3 cm³/mol. The van der Waals surface area contributed by atoms with Gasteiger partial charge in [-0.2, -0.15) is 0 Å². The molecule has 138 valence electrons. The molecule has 0 unspecified atom stereocenters. The molecule has 1 N–H and O–H groups in total. The fourth-order valence-electron chi connectivity index (χ4n) is 4.33. The predicted octanol–water partition coefficient (Wildman–Crippen LogP) is 2.42. The third-order valence-electron chi connectivity index (χ3n) is 6.17. The largest absolute Gasteiger partial charge is 0.442 e. The summed E-state index contributed by atoms with van der Waals surface area (Å²) >= 11 is 0. The van der Waals surface area contributed by atoms with E-state index in [1.165, 1.54) is 25.7 Å². The van der Waals surface area contributed by atoms with Crippen LogP contribution in [-0.2, 0) is 0 Å². The number of hydrogen-bond acceptors (Lipinski definition) is 6. The molecule has 0 aromatic carbocycles. The molecule has 4 heterocycles. The van der Waals surface area contributed by atoms with Gasteiger partial charge >= 0.3 is 0 Å². The Morgan fingerprint density at radius 2 is 2.15 bits per heavy atom. The molecule has 1 saturated carbocycles. The van der Waals surface area contributed by atoms with Crippen LogP contribution in [0.3, 0.4) is 0 Å². The molecule has 1 amide bonds. The molecule has 1 atom stereocenters. The number of anilines is 1. The minimum atomic E-state index is 0.0478. The van der Waals surface area contributed by atoms with E-state index < -0.39 is 0 Å². The lowest BCUT2D eigenvalue weighted by Crippen LogP contribution is -2.52. The van der Waals surface area contributed by atoms with Gasteiger partial charge in [0.1, 0.15) is 17.9 Å². The third kappa shape index (κ3) is 2.57. The van der Waals surface area contributed by atoms with Crippen molar-refractivity contribution < 1.29 is 9.21 Å². The normalized spacial score (nSPS) is 24.7. The van der Waals surface area contributed by atoms with Crippen molar-refractivity contribution in [2.24, 2.45) is 0 Å². The van der Waals surface area contributed by atoms with Gasteiger partial charge in [0.25, 0.3) is 5.91 Å². The van der Waals surface area contributed by atoms with Crippen LogP contribution in [0.1, 0.15) is 48.7 Å². The number of piperazine rings is 1. The second kappa shape index (κ2) is 5.67. The zero-order valence-electron chi connectivity index (χ0n) is 15.4. The lowest BCUT2D eigenvalue weighted by molar-refractivity contribution is 0.0571. The van der Waals surface area contributed by atoms with Crippen molar-refractivity contribution in [1.82, 2.24) is 19.8 Å². The Balaban J connectivity index is 1.51. The fourth-order valence-corrected chi connectivity index (χ4v) is 4.33. The monoisotopic (exact) mass is 355 g/mol. The van der Waals surface area contributed by atoms with Crippen LogP contribution in [-0.4, -0.2) is 63.4 Å². The minimum Gasteiger partial charge on any atom is -0.442 e. The van der Waals surface area contributed by atoms with Crippen molar-refractivity contribution in [3.63, 3.8) is 0 Å². The molecule has 7 nitrogen and oxygen atoms in total. The molecule has 0 spiro atoms. The van der Waals surface area contributed by atoms with Gasteiger partial charge in [0.2, 0.25) is 5.71 Å². The number of carbonyl (C=O) groups excluding carboxylic acids is 1. The van der Waals surface area contributed by atoms with Crippen molar-refractivity contribution in [3.05, 3.63) is 17.7 Å². The van der Waals surface area contributed by atoms with Crippen LogP contribution in [0.5, 0.6) is 0 Å². The van der Waals surface area contributed by atoms with E-state index in [0.717, 1.165) is 43.7 Å². The number of aryl methyl sites for hydroxylation is 1. The molecular weight excluding hydrogens is 330 g/mol. The molecule has 2 aromatic rings. The number of carbonyl (C=O) groups is 1. The summed E-state index contributed by atoms with van der Waals surface area (Å²) in [4.78, 5) is 26.6. The summed E-state index contributed by atoms with van der Waals surface area (Å²) in [5.41, 5.74) is 1.19. The number of aromatic nitrogens is 2. The lowest BCUT2D eigenvalue weighted by Gasteiger charge is -2.37. The van der Waals surface area contributed by atoms with Gasteiger partial charge in [0, 0.05) is 31.2 Å². The first-order valence-corrected chi connectivity index (χ1v) is 9.60. The van der Waals surface area contributed by atoms with Gasteiger partial charge < -0.3 is 14.6 Å². The summed E-state index contributed by atoms with van der Waals surface area (Å²) in [5.74, 6) is 1.39. The Kier molecular flexibility index (Phi) is 3.50. The van der Waals surface area contributed by atoms with Crippen LogP contribution in [0, 0.1) is 6.92 Å². The van der Waals surface area contributed by atoms with E-state index in [0.29, 0.717) is 23.1 Å².